The van der Waals surface area contributed by atoms with Gasteiger partial charge in [0.15, 0.2) is 9.84 Å². The van der Waals surface area contributed by atoms with Crippen LogP contribution in [0.5, 0.6) is 0 Å². The Morgan fingerprint density at radius 2 is 1.52 bits per heavy atom. The first kappa shape index (κ1) is 18.9. The van der Waals surface area contributed by atoms with Crippen molar-refractivity contribution in [2.45, 2.75) is 16.7 Å². The molecular formula is C16H17NO6S2. The van der Waals surface area contributed by atoms with Crippen molar-refractivity contribution in [3.05, 3.63) is 53.6 Å². The molecule has 0 amide bonds. The van der Waals surface area contributed by atoms with Gasteiger partial charge in [0.05, 0.1) is 28.2 Å². The van der Waals surface area contributed by atoms with E-state index in [2.05, 4.69) is 9.46 Å². The number of nitrogens with one attached hydrogen (secondary N) is 1. The van der Waals surface area contributed by atoms with Crippen molar-refractivity contribution in [3.8, 4) is 0 Å². The lowest BCUT2D eigenvalue weighted by atomic mass is 10.1. The number of carbonyl (C=O) groups excluding carboxylic acids is 1. The number of rotatable bonds is 5. The highest BCUT2D eigenvalue weighted by Crippen LogP contribution is 2.23. The van der Waals surface area contributed by atoms with Crippen molar-refractivity contribution in [3.63, 3.8) is 0 Å². The average molecular weight is 383 g/mol. The molecule has 0 bridgehead atoms. The minimum atomic E-state index is -3.94. The summed E-state index contributed by atoms with van der Waals surface area (Å²) < 4.78 is 54.9. The Labute approximate surface area is 146 Å². The number of ether oxygens (including phenoxy) is 1. The molecule has 0 radical (unpaired) electrons. The summed E-state index contributed by atoms with van der Waals surface area (Å²) in [4.78, 5) is 11.6. The van der Waals surface area contributed by atoms with E-state index in [0.29, 0.717) is 5.56 Å². The zero-order valence-electron chi connectivity index (χ0n) is 13.8. The van der Waals surface area contributed by atoms with Crippen LogP contribution >= 0.6 is 0 Å². The predicted molar refractivity (Wildman–Crippen MR) is 92.9 cm³/mol. The maximum atomic E-state index is 12.5. The Kier molecular flexibility index (Phi) is 5.19. The molecule has 0 saturated heterocycles. The SMILES string of the molecule is COC(=O)c1cccc(NS(=O)(=O)c2ccc(S(C)(=O)=O)cc2)c1C. The van der Waals surface area contributed by atoms with Crippen LogP contribution in [0.3, 0.4) is 0 Å². The number of anilines is 1. The lowest BCUT2D eigenvalue weighted by molar-refractivity contribution is 0.0600. The third-order valence-electron chi connectivity index (χ3n) is 3.55. The smallest absolute Gasteiger partial charge is 0.338 e. The quantitative estimate of drug-likeness (QED) is 0.791. The largest absolute Gasteiger partial charge is 0.465 e. The van der Waals surface area contributed by atoms with Gasteiger partial charge in [-0.1, -0.05) is 6.07 Å². The third kappa shape index (κ3) is 4.18. The van der Waals surface area contributed by atoms with Crippen LogP contribution < -0.4 is 4.72 Å². The second-order valence-corrected chi connectivity index (χ2v) is 9.02. The van der Waals surface area contributed by atoms with E-state index >= 15 is 0 Å². The number of hydrogen-bond donors (Lipinski definition) is 1. The topological polar surface area (TPSA) is 107 Å². The molecule has 0 atom stereocenters. The van der Waals surface area contributed by atoms with Gasteiger partial charge in [0.2, 0.25) is 0 Å². The molecule has 1 N–H and O–H groups in total. The molecule has 0 fully saturated rings. The normalized spacial score (nSPS) is 11.8. The average Bonchev–Trinajstić information content (AvgIpc) is 2.55. The molecule has 134 valence electrons. The van der Waals surface area contributed by atoms with Gasteiger partial charge in [-0.3, -0.25) is 4.72 Å². The van der Waals surface area contributed by atoms with Crippen molar-refractivity contribution in [1.82, 2.24) is 0 Å². The van der Waals surface area contributed by atoms with Crippen LogP contribution in [-0.2, 0) is 24.6 Å². The first-order valence-corrected chi connectivity index (χ1v) is 10.4. The van der Waals surface area contributed by atoms with Gasteiger partial charge in [0.25, 0.3) is 10.0 Å². The summed E-state index contributed by atoms with van der Waals surface area (Å²) in [5.41, 5.74) is 0.899. The molecule has 7 nitrogen and oxygen atoms in total. The van der Waals surface area contributed by atoms with Crippen LogP contribution in [0.25, 0.3) is 0 Å². The van der Waals surface area contributed by atoms with Crippen LogP contribution in [0.2, 0.25) is 0 Å². The number of sulfonamides is 1. The van der Waals surface area contributed by atoms with E-state index in [1.807, 2.05) is 0 Å². The van der Waals surface area contributed by atoms with Gasteiger partial charge in [-0.2, -0.15) is 0 Å². The summed E-state index contributed by atoms with van der Waals surface area (Å²) in [5, 5.41) is 0. The van der Waals surface area contributed by atoms with Crippen LogP contribution in [0.15, 0.2) is 52.3 Å². The van der Waals surface area contributed by atoms with Crippen molar-refractivity contribution in [2.24, 2.45) is 0 Å². The fourth-order valence-corrected chi connectivity index (χ4v) is 3.90. The Hall–Kier alpha value is -2.39. The monoisotopic (exact) mass is 383 g/mol. The minimum absolute atomic E-state index is 0.0234. The molecule has 0 heterocycles. The third-order valence-corrected chi connectivity index (χ3v) is 6.06. The van der Waals surface area contributed by atoms with Crippen molar-refractivity contribution in [2.75, 3.05) is 18.1 Å². The molecular weight excluding hydrogens is 366 g/mol. The second kappa shape index (κ2) is 6.85. The highest BCUT2D eigenvalue weighted by molar-refractivity contribution is 7.92. The molecule has 2 rings (SSSR count). The van der Waals surface area contributed by atoms with E-state index in [1.54, 1.807) is 6.92 Å². The molecule has 0 aliphatic rings. The lowest BCUT2D eigenvalue weighted by Gasteiger charge is -2.13. The molecule has 2 aromatic carbocycles. The van der Waals surface area contributed by atoms with E-state index in [4.69, 9.17) is 0 Å². The molecule has 9 heteroatoms. The fraction of sp³-hybridized carbons (Fsp3) is 0.188. The number of methoxy groups -OCH3 is 1. The highest BCUT2D eigenvalue weighted by Gasteiger charge is 2.19. The summed E-state index contributed by atoms with van der Waals surface area (Å²) in [5.74, 6) is -0.573. The van der Waals surface area contributed by atoms with Gasteiger partial charge >= 0.3 is 5.97 Å². The van der Waals surface area contributed by atoms with E-state index in [9.17, 15) is 21.6 Å². The van der Waals surface area contributed by atoms with Gasteiger partial charge in [-0.25, -0.2) is 21.6 Å². The number of hydrogen-bond acceptors (Lipinski definition) is 6. The molecule has 0 spiro atoms. The summed E-state index contributed by atoms with van der Waals surface area (Å²) >= 11 is 0. The van der Waals surface area contributed by atoms with E-state index in [-0.39, 0.29) is 21.0 Å². The van der Waals surface area contributed by atoms with E-state index in [1.165, 1.54) is 49.6 Å². The van der Waals surface area contributed by atoms with Gasteiger partial charge < -0.3 is 4.74 Å². The number of benzene rings is 2. The highest BCUT2D eigenvalue weighted by atomic mass is 32.2. The molecule has 2 aromatic rings. The molecule has 0 saturated carbocycles. The number of carbonyl (C=O) groups is 1. The predicted octanol–water partition coefficient (Wildman–Crippen LogP) is 1.99. The summed E-state index contributed by atoms with van der Waals surface area (Å²) in [6, 6.07) is 9.44. The first-order chi connectivity index (χ1) is 11.6. The van der Waals surface area contributed by atoms with Crippen LogP contribution in [0.4, 0.5) is 5.69 Å². The maximum absolute atomic E-state index is 12.5. The minimum Gasteiger partial charge on any atom is -0.465 e. The van der Waals surface area contributed by atoms with Gasteiger partial charge in [0, 0.05) is 6.26 Å². The molecule has 0 aliphatic carbocycles. The summed E-state index contributed by atoms with van der Waals surface area (Å²) in [7, 11) is -6.12. The molecule has 25 heavy (non-hydrogen) atoms. The van der Waals surface area contributed by atoms with Gasteiger partial charge in [0.1, 0.15) is 0 Å². The summed E-state index contributed by atoms with van der Waals surface area (Å²) in [6.07, 6.45) is 1.04. The van der Waals surface area contributed by atoms with Gasteiger partial charge in [-0.05, 0) is 48.9 Å². The van der Waals surface area contributed by atoms with Crippen LogP contribution in [-0.4, -0.2) is 36.2 Å². The Bertz CT molecular complexity index is 1010. The fourth-order valence-electron chi connectivity index (χ4n) is 2.15. The van der Waals surface area contributed by atoms with Crippen LogP contribution in [0, 0.1) is 6.92 Å². The molecule has 0 aromatic heterocycles. The zero-order chi connectivity index (χ0) is 18.8. The van der Waals surface area contributed by atoms with Crippen molar-refractivity contribution < 1.29 is 26.4 Å². The molecule has 0 unspecified atom stereocenters. The Balaban J connectivity index is 2.38. The Morgan fingerprint density at radius 3 is 2.04 bits per heavy atom. The number of sulfone groups is 1. The number of esters is 1. The van der Waals surface area contributed by atoms with E-state index in [0.717, 1.165) is 6.26 Å². The Morgan fingerprint density at radius 1 is 0.960 bits per heavy atom. The van der Waals surface area contributed by atoms with E-state index < -0.39 is 25.8 Å². The molecule has 0 aliphatic heterocycles. The first-order valence-electron chi connectivity index (χ1n) is 7.07. The van der Waals surface area contributed by atoms with Gasteiger partial charge in [-0.15, -0.1) is 0 Å². The standard InChI is InChI=1S/C16H17NO6S2/c1-11-14(16(18)23-2)5-4-6-15(11)17-25(21,22)13-9-7-12(8-10-13)24(3,19)20/h4-10,17H,1-3H3. The zero-order valence-corrected chi connectivity index (χ0v) is 15.4. The maximum Gasteiger partial charge on any atom is 0.338 e. The second-order valence-electron chi connectivity index (χ2n) is 5.32. The lowest BCUT2D eigenvalue weighted by Crippen LogP contribution is -2.15. The van der Waals surface area contributed by atoms with Crippen molar-refractivity contribution >= 4 is 31.5 Å². The van der Waals surface area contributed by atoms with Crippen molar-refractivity contribution in [1.29, 1.82) is 0 Å². The van der Waals surface area contributed by atoms with Crippen LogP contribution in [0.1, 0.15) is 15.9 Å². The summed E-state index contributed by atoms with van der Waals surface area (Å²) in [6.45, 7) is 1.59.